The number of nitrogens with zero attached hydrogens (tertiary/aromatic N) is 6. The van der Waals surface area contributed by atoms with E-state index in [9.17, 15) is 4.79 Å². The van der Waals surface area contributed by atoms with Crippen LogP contribution in [0.1, 0.15) is 39.5 Å². The molecule has 1 aromatic carbocycles. The van der Waals surface area contributed by atoms with Crippen LogP contribution in [-0.4, -0.2) is 71.4 Å². The Labute approximate surface area is 246 Å². The fourth-order valence-corrected chi connectivity index (χ4v) is 5.29. The lowest BCUT2D eigenvalue weighted by Crippen LogP contribution is -2.41. The Hall–Kier alpha value is -4.41. The largest absolute Gasteiger partial charge is 0.490 e. The maximum Gasteiger partial charge on any atom is 0.330 e. The van der Waals surface area contributed by atoms with Crippen molar-refractivity contribution < 1.29 is 19.0 Å². The second kappa shape index (κ2) is 14.5. The van der Waals surface area contributed by atoms with Gasteiger partial charge in [-0.1, -0.05) is 18.2 Å². The smallest absolute Gasteiger partial charge is 0.330 e. The van der Waals surface area contributed by atoms with Gasteiger partial charge in [-0.05, 0) is 63.6 Å². The molecule has 0 bridgehead atoms. The van der Waals surface area contributed by atoms with Gasteiger partial charge in [0.1, 0.15) is 17.7 Å². The van der Waals surface area contributed by atoms with Crippen molar-refractivity contribution in [3.63, 3.8) is 0 Å². The third-order valence-corrected chi connectivity index (χ3v) is 7.22. The number of benzene rings is 1. The summed E-state index contributed by atoms with van der Waals surface area (Å²) < 4.78 is 17.1. The minimum atomic E-state index is -0.300. The first-order chi connectivity index (χ1) is 20.6. The minimum Gasteiger partial charge on any atom is -0.490 e. The zero-order chi connectivity index (χ0) is 29.1. The normalized spacial score (nSPS) is 19.0. The van der Waals surface area contributed by atoms with Crippen molar-refractivity contribution in [1.29, 1.82) is 0 Å². The Morgan fingerprint density at radius 2 is 1.79 bits per heavy atom. The lowest BCUT2D eigenvalue weighted by atomic mass is 9.97. The van der Waals surface area contributed by atoms with Crippen molar-refractivity contribution in [1.82, 2.24) is 19.9 Å². The lowest BCUT2D eigenvalue weighted by Gasteiger charge is -2.33. The number of carbonyl (C=O) groups excluding carboxylic acids is 1. The zero-order valence-corrected chi connectivity index (χ0v) is 24.3. The van der Waals surface area contributed by atoms with Crippen molar-refractivity contribution >= 4 is 29.4 Å². The van der Waals surface area contributed by atoms with Crippen LogP contribution < -0.4 is 24.6 Å². The third kappa shape index (κ3) is 7.86. The van der Waals surface area contributed by atoms with E-state index in [-0.39, 0.29) is 18.0 Å². The molecule has 2 atom stereocenters. The fraction of sp³-hybridized carbons (Fsp3) is 0.452. The molecule has 2 aliphatic heterocycles. The number of para-hydroxylation sites is 2. The molecule has 0 saturated carbocycles. The third-order valence-electron chi connectivity index (χ3n) is 7.22. The van der Waals surface area contributed by atoms with Crippen LogP contribution in [0.2, 0.25) is 0 Å². The molecular formula is C31H39N7O4. The quantitative estimate of drug-likeness (QED) is 0.252. The van der Waals surface area contributed by atoms with Gasteiger partial charge in [0.2, 0.25) is 5.95 Å². The first kappa shape index (κ1) is 29.1. The van der Waals surface area contributed by atoms with E-state index in [1.165, 1.54) is 6.08 Å². The molecule has 4 heterocycles. The van der Waals surface area contributed by atoms with Gasteiger partial charge >= 0.3 is 5.97 Å². The molecule has 11 heteroatoms. The average molecular weight is 574 g/mol. The Balaban J connectivity index is 1.21. The molecule has 5 rings (SSSR count). The number of ether oxygens (including phenoxy) is 3. The van der Waals surface area contributed by atoms with Crippen LogP contribution in [0.3, 0.4) is 0 Å². The van der Waals surface area contributed by atoms with Gasteiger partial charge in [-0.25, -0.2) is 14.8 Å². The number of esters is 1. The summed E-state index contributed by atoms with van der Waals surface area (Å²) in [6.07, 6.45) is 12.7. The second-order valence-electron chi connectivity index (χ2n) is 10.3. The number of hydrogen-bond donors (Lipinski definition) is 1. The van der Waals surface area contributed by atoms with Crippen molar-refractivity contribution in [2.45, 2.75) is 45.6 Å². The van der Waals surface area contributed by atoms with E-state index in [4.69, 9.17) is 24.2 Å². The van der Waals surface area contributed by atoms with E-state index in [1.54, 1.807) is 25.5 Å². The topological polar surface area (TPSA) is 115 Å². The molecule has 1 N–H and O–H groups in total. The summed E-state index contributed by atoms with van der Waals surface area (Å²) in [6, 6.07) is 9.70. The lowest BCUT2D eigenvalue weighted by molar-refractivity contribution is -0.137. The van der Waals surface area contributed by atoms with Crippen LogP contribution in [0.4, 0.5) is 23.4 Å². The van der Waals surface area contributed by atoms with Gasteiger partial charge in [0.15, 0.2) is 17.3 Å². The minimum absolute atomic E-state index is 0.0132. The number of hydrogen-bond acceptors (Lipinski definition) is 11. The van der Waals surface area contributed by atoms with Gasteiger partial charge in [0, 0.05) is 31.9 Å². The van der Waals surface area contributed by atoms with E-state index in [2.05, 4.69) is 25.1 Å². The summed E-state index contributed by atoms with van der Waals surface area (Å²) >= 11 is 0. The zero-order valence-electron chi connectivity index (χ0n) is 24.3. The first-order valence-electron chi connectivity index (χ1n) is 14.8. The molecule has 2 fully saturated rings. The average Bonchev–Trinajstić information content (AvgIpc) is 3.02. The molecule has 42 heavy (non-hydrogen) atoms. The number of rotatable bonds is 11. The number of aromatic nitrogens is 4. The summed E-state index contributed by atoms with van der Waals surface area (Å²) in [5.74, 6) is 4.11. The monoisotopic (exact) mass is 573 g/mol. The molecule has 11 nitrogen and oxygen atoms in total. The first-order valence-corrected chi connectivity index (χ1v) is 14.8. The summed E-state index contributed by atoms with van der Waals surface area (Å²) in [6.45, 7) is 7.98. The molecule has 2 aromatic heterocycles. The summed E-state index contributed by atoms with van der Waals surface area (Å²) in [4.78, 5) is 34.6. The van der Waals surface area contributed by atoms with Crippen LogP contribution in [0, 0.1) is 5.92 Å². The maximum absolute atomic E-state index is 11.7. The highest BCUT2D eigenvalue weighted by Crippen LogP contribution is 2.30. The number of carbonyl (C=O) groups is 1. The van der Waals surface area contributed by atoms with Crippen molar-refractivity contribution in [2.75, 3.05) is 54.5 Å². The molecular weight excluding hydrogens is 534 g/mol. The van der Waals surface area contributed by atoms with Crippen molar-refractivity contribution in [3.05, 3.63) is 61.1 Å². The van der Waals surface area contributed by atoms with Gasteiger partial charge in [-0.2, -0.15) is 4.98 Å². The highest BCUT2D eigenvalue weighted by molar-refractivity contribution is 5.81. The fourth-order valence-electron chi connectivity index (χ4n) is 5.29. The summed E-state index contributed by atoms with van der Waals surface area (Å²) in [5.41, 5.74) is 0. The second-order valence-corrected chi connectivity index (χ2v) is 10.3. The van der Waals surface area contributed by atoms with Crippen molar-refractivity contribution in [3.8, 4) is 11.5 Å². The predicted octanol–water partition coefficient (Wildman–Crippen LogP) is 4.79. The molecule has 0 radical (unpaired) electrons. The van der Waals surface area contributed by atoms with Crippen LogP contribution in [0.15, 0.2) is 61.1 Å². The Morgan fingerprint density at radius 1 is 0.976 bits per heavy atom. The van der Waals surface area contributed by atoms with Crippen molar-refractivity contribution in [2.24, 2.45) is 5.92 Å². The van der Waals surface area contributed by atoms with Gasteiger partial charge in [0.05, 0.1) is 32.2 Å². The Morgan fingerprint density at radius 3 is 2.62 bits per heavy atom. The molecule has 222 valence electrons. The summed E-state index contributed by atoms with van der Waals surface area (Å²) in [5, 5.41) is 3.23. The Bertz CT molecular complexity index is 1350. The molecule has 0 amide bonds. The highest BCUT2D eigenvalue weighted by Gasteiger charge is 2.24. The van der Waals surface area contributed by atoms with Crippen LogP contribution >= 0.6 is 0 Å². The highest BCUT2D eigenvalue weighted by atomic mass is 16.5. The number of piperidine rings is 2. The van der Waals surface area contributed by atoms with Gasteiger partial charge in [-0.15, -0.1) is 0 Å². The molecule has 2 saturated heterocycles. The Kier molecular flexibility index (Phi) is 10.0. The van der Waals surface area contributed by atoms with Gasteiger partial charge in [0.25, 0.3) is 0 Å². The van der Waals surface area contributed by atoms with Gasteiger partial charge in [-0.3, -0.25) is 4.98 Å². The summed E-state index contributed by atoms with van der Waals surface area (Å²) in [7, 11) is 0. The number of anilines is 4. The van der Waals surface area contributed by atoms with E-state index in [0.29, 0.717) is 31.5 Å². The molecule has 3 aromatic rings. The molecule has 0 aliphatic carbocycles. The van der Waals surface area contributed by atoms with E-state index in [1.807, 2.05) is 43.3 Å². The SMILES string of the molecule is CCOC(=O)C=CC1CCCN(c2ccnc(Nc3cncc(N4CCCC(Oc5ccccc5OCC)C4)n3)n2)C1. The number of nitrogens with one attached hydrogen (secondary N) is 1. The van der Waals surface area contributed by atoms with Crippen LogP contribution in [0.5, 0.6) is 11.5 Å². The maximum atomic E-state index is 11.7. The molecule has 2 unspecified atom stereocenters. The van der Waals surface area contributed by atoms with E-state index < -0.39 is 0 Å². The van der Waals surface area contributed by atoms with Crippen LogP contribution in [-0.2, 0) is 9.53 Å². The predicted molar refractivity (Wildman–Crippen MR) is 162 cm³/mol. The molecule has 0 spiro atoms. The standard InChI is InChI=1S/C31H39N7O4/c1-3-40-25-11-5-6-12-26(25)42-24-10-8-18-38(22-24)29-20-32-19-27(34-29)35-31-33-16-15-28(36-31)37-17-7-9-23(21-37)13-14-30(39)41-4-2/h5-6,11-16,19-20,23-24H,3-4,7-10,17-18,21-22H2,1-2H3,(H,33,34,35,36). The van der Waals surface area contributed by atoms with Crippen LogP contribution in [0.25, 0.3) is 0 Å². The van der Waals surface area contributed by atoms with E-state index in [0.717, 1.165) is 68.5 Å². The van der Waals surface area contributed by atoms with E-state index >= 15 is 0 Å². The molecule has 2 aliphatic rings. The van der Waals surface area contributed by atoms with Gasteiger partial charge < -0.3 is 29.3 Å².